The summed E-state index contributed by atoms with van der Waals surface area (Å²) in [5.41, 5.74) is 0.885. The highest BCUT2D eigenvalue weighted by molar-refractivity contribution is 5.81. The number of phenolic OH excluding ortho intramolecular Hbond substituents is 1. The molecule has 0 spiro atoms. The van der Waals surface area contributed by atoms with Crippen molar-refractivity contribution in [2.45, 2.75) is 19.8 Å². The lowest BCUT2D eigenvalue weighted by molar-refractivity contribution is -0.137. The predicted octanol–water partition coefficient (Wildman–Crippen LogP) is 2.44. The number of carbonyl (C=O) groups excluding carboxylic acids is 1. The quantitative estimate of drug-likeness (QED) is 0.612. The Kier molecular flexibility index (Phi) is 5.12. The molecule has 0 aromatic heterocycles. The maximum Gasteiger partial charge on any atom is 0.330 e. The molecule has 3 heteroatoms. The van der Waals surface area contributed by atoms with Gasteiger partial charge in [0.2, 0.25) is 0 Å². The number of esters is 1. The van der Waals surface area contributed by atoms with Gasteiger partial charge in [0, 0.05) is 6.08 Å². The predicted molar refractivity (Wildman–Crippen MR) is 62.2 cm³/mol. The van der Waals surface area contributed by atoms with Crippen molar-refractivity contribution in [2.75, 3.05) is 6.61 Å². The van der Waals surface area contributed by atoms with Gasteiger partial charge in [-0.2, -0.15) is 0 Å². The highest BCUT2D eigenvalue weighted by atomic mass is 16.5. The fourth-order valence-electron chi connectivity index (χ4n) is 1.33. The number of aryl methyl sites for hydroxylation is 1. The SMILES string of the molecule is CCOC(=O)/C=C\CCc1ccccc1O. The second-order valence-corrected chi connectivity index (χ2v) is 3.32. The number of carbonyl (C=O) groups is 1. The van der Waals surface area contributed by atoms with Crippen molar-refractivity contribution < 1.29 is 14.6 Å². The summed E-state index contributed by atoms with van der Waals surface area (Å²) in [7, 11) is 0. The van der Waals surface area contributed by atoms with Gasteiger partial charge in [0.05, 0.1) is 6.61 Å². The van der Waals surface area contributed by atoms with Gasteiger partial charge >= 0.3 is 5.97 Å². The van der Waals surface area contributed by atoms with Crippen molar-refractivity contribution in [3.8, 4) is 5.75 Å². The van der Waals surface area contributed by atoms with E-state index in [1.807, 2.05) is 12.1 Å². The molecular weight excluding hydrogens is 204 g/mol. The number of hydrogen-bond donors (Lipinski definition) is 1. The number of para-hydroxylation sites is 1. The first-order chi connectivity index (χ1) is 7.74. The molecule has 0 aliphatic rings. The van der Waals surface area contributed by atoms with Gasteiger partial charge in [-0.1, -0.05) is 24.3 Å². The fraction of sp³-hybridized carbons (Fsp3) is 0.308. The number of allylic oxidation sites excluding steroid dienone is 1. The summed E-state index contributed by atoms with van der Waals surface area (Å²) in [6.45, 7) is 2.16. The number of aromatic hydroxyl groups is 1. The zero-order valence-corrected chi connectivity index (χ0v) is 9.35. The average Bonchev–Trinajstić information content (AvgIpc) is 2.27. The van der Waals surface area contributed by atoms with E-state index in [0.29, 0.717) is 25.2 Å². The summed E-state index contributed by atoms with van der Waals surface area (Å²) >= 11 is 0. The molecule has 1 aromatic rings. The molecule has 3 nitrogen and oxygen atoms in total. The molecule has 0 atom stereocenters. The number of rotatable bonds is 5. The summed E-state index contributed by atoms with van der Waals surface area (Å²) in [6, 6.07) is 7.19. The van der Waals surface area contributed by atoms with Crippen LogP contribution in [0, 0.1) is 0 Å². The monoisotopic (exact) mass is 220 g/mol. The summed E-state index contributed by atoms with van der Waals surface area (Å²) < 4.78 is 4.74. The van der Waals surface area contributed by atoms with Crippen LogP contribution in [0.3, 0.4) is 0 Å². The highest BCUT2D eigenvalue weighted by Crippen LogP contribution is 2.17. The second-order valence-electron chi connectivity index (χ2n) is 3.32. The summed E-state index contributed by atoms with van der Waals surface area (Å²) in [5.74, 6) is -0.0215. The first-order valence-corrected chi connectivity index (χ1v) is 5.34. The van der Waals surface area contributed by atoms with Crippen molar-refractivity contribution in [2.24, 2.45) is 0 Å². The largest absolute Gasteiger partial charge is 0.508 e. The van der Waals surface area contributed by atoms with Crippen LogP contribution in [0.25, 0.3) is 0 Å². The second kappa shape index (κ2) is 6.67. The smallest absolute Gasteiger partial charge is 0.330 e. The van der Waals surface area contributed by atoms with Gasteiger partial charge in [0.25, 0.3) is 0 Å². The molecule has 0 aliphatic carbocycles. The topological polar surface area (TPSA) is 46.5 Å². The van der Waals surface area contributed by atoms with Crippen molar-refractivity contribution in [1.29, 1.82) is 0 Å². The van der Waals surface area contributed by atoms with E-state index in [1.54, 1.807) is 25.1 Å². The van der Waals surface area contributed by atoms with Crippen LogP contribution in [-0.4, -0.2) is 17.7 Å². The van der Waals surface area contributed by atoms with Crippen LogP contribution >= 0.6 is 0 Å². The van der Waals surface area contributed by atoms with E-state index < -0.39 is 0 Å². The first-order valence-electron chi connectivity index (χ1n) is 5.34. The lowest BCUT2D eigenvalue weighted by Gasteiger charge is -2.01. The van der Waals surface area contributed by atoms with Gasteiger partial charge < -0.3 is 9.84 Å². The Morgan fingerprint density at radius 3 is 2.88 bits per heavy atom. The molecule has 0 saturated carbocycles. The van der Waals surface area contributed by atoms with Crippen LogP contribution < -0.4 is 0 Å². The first kappa shape index (κ1) is 12.3. The Hall–Kier alpha value is -1.77. The Morgan fingerprint density at radius 2 is 2.19 bits per heavy atom. The normalized spacial score (nSPS) is 10.6. The zero-order chi connectivity index (χ0) is 11.8. The van der Waals surface area contributed by atoms with Gasteiger partial charge in [-0.25, -0.2) is 4.79 Å². The van der Waals surface area contributed by atoms with Crippen LogP contribution in [0.15, 0.2) is 36.4 Å². The molecule has 0 unspecified atom stereocenters. The van der Waals surface area contributed by atoms with Gasteiger partial charge in [0.1, 0.15) is 5.75 Å². The van der Waals surface area contributed by atoms with E-state index in [4.69, 9.17) is 4.74 Å². The molecule has 0 heterocycles. The molecule has 1 rings (SSSR count). The maximum atomic E-state index is 11.0. The molecular formula is C13H16O3. The van der Waals surface area contributed by atoms with Crippen molar-refractivity contribution in [1.82, 2.24) is 0 Å². The molecule has 0 radical (unpaired) electrons. The summed E-state index contributed by atoms with van der Waals surface area (Å²) in [6.07, 6.45) is 4.59. The Bertz CT molecular complexity index is 369. The molecule has 0 saturated heterocycles. The standard InChI is InChI=1S/C13H16O3/c1-2-16-13(15)10-6-4-8-11-7-3-5-9-12(11)14/h3,5-7,9-10,14H,2,4,8H2,1H3/b10-6-. The number of phenols is 1. The lowest BCUT2D eigenvalue weighted by atomic mass is 10.1. The van der Waals surface area contributed by atoms with E-state index >= 15 is 0 Å². The van der Waals surface area contributed by atoms with Crippen molar-refractivity contribution in [3.63, 3.8) is 0 Å². The van der Waals surface area contributed by atoms with Crippen LogP contribution in [0.1, 0.15) is 18.9 Å². The van der Waals surface area contributed by atoms with Gasteiger partial charge in [0.15, 0.2) is 0 Å². The molecule has 0 amide bonds. The third-order valence-corrected chi connectivity index (χ3v) is 2.11. The van der Waals surface area contributed by atoms with E-state index in [0.717, 1.165) is 5.56 Å². The fourth-order valence-corrected chi connectivity index (χ4v) is 1.33. The molecule has 1 N–H and O–H groups in total. The van der Waals surface area contributed by atoms with Crippen molar-refractivity contribution in [3.05, 3.63) is 42.0 Å². The van der Waals surface area contributed by atoms with Crippen LogP contribution in [0.2, 0.25) is 0 Å². The molecule has 16 heavy (non-hydrogen) atoms. The zero-order valence-electron chi connectivity index (χ0n) is 9.35. The summed E-state index contributed by atoms with van der Waals surface area (Å²) in [4.78, 5) is 11.0. The molecule has 1 aromatic carbocycles. The van der Waals surface area contributed by atoms with E-state index in [2.05, 4.69) is 0 Å². The third kappa shape index (κ3) is 4.17. The van der Waals surface area contributed by atoms with E-state index in [9.17, 15) is 9.90 Å². The lowest BCUT2D eigenvalue weighted by Crippen LogP contribution is -1.98. The number of hydrogen-bond acceptors (Lipinski definition) is 3. The Morgan fingerprint density at radius 1 is 1.44 bits per heavy atom. The van der Waals surface area contributed by atoms with Crippen LogP contribution in [0.5, 0.6) is 5.75 Å². The maximum absolute atomic E-state index is 11.0. The molecule has 86 valence electrons. The minimum absolute atomic E-state index is 0.298. The van der Waals surface area contributed by atoms with Gasteiger partial charge in [-0.3, -0.25) is 0 Å². The summed E-state index contributed by atoms with van der Waals surface area (Å²) in [5, 5.41) is 9.49. The number of ether oxygens (including phenoxy) is 1. The molecule has 0 fully saturated rings. The van der Waals surface area contributed by atoms with Crippen molar-refractivity contribution >= 4 is 5.97 Å². The van der Waals surface area contributed by atoms with Gasteiger partial charge in [-0.15, -0.1) is 0 Å². The minimum Gasteiger partial charge on any atom is -0.508 e. The third-order valence-electron chi connectivity index (χ3n) is 2.11. The molecule has 0 bridgehead atoms. The highest BCUT2D eigenvalue weighted by Gasteiger charge is 1.98. The van der Waals surface area contributed by atoms with E-state index in [-0.39, 0.29) is 5.97 Å². The Balaban J connectivity index is 2.36. The minimum atomic E-state index is -0.320. The Labute approximate surface area is 95.4 Å². The average molecular weight is 220 g/mol. The van der Waals surface area contributed by atoms with Gasteiger partial charge in [-0.05, 0) is 31.4 Å². The van der Waals surface area contributed by atoms with Crippen LogP contribution in [-0.2, 0) is 16.0 Å². The number of benzene rings is 1. The van der Waals surface area contributed by atoms with E-state index in [1.165, 1.54) is 6.08 Å². The van der Waals surface area contributed by atoms with Crippen LogP contribution in [0.4, 0.5) is 0 Å². The molecule has 0 aliphatic heterocycles.